The van der Waals surface area contributed by atoms with Gasteiger partial charge in [0.1, 0.15) is 5.75 Å². The molecule has 1 aliphatic heterocycles. The van der Waals surface area contributed by atoms with Gasteiger partial charge < -0.3 is 4.74 Å². The van der Waals surface area contributed by atoms with Gasteiger partial charge in [0.25, 0.3) is 0 Å². The molecule has 0 aliphatic carbocycles. The number of hydrogen-bond donors (Lipinski definition) is 1. The Kier molecular flexibility index (Phi) is 6.06. The number of ether oxygens (including phenoxy) is 1. The molecule has 0 bridgehead atoms. The first-order chi connectivity index (χ1) is 10.8. The first kappa shape index (κ1) is 18.2. The smallest absolute Gasteiger partial charge is 0.208 e. The topological polar surface area (TPSA) is 58.6 Å². The molecular formula is C17H28N2O3S. The number of methoxy groups -OCH3 is 1. The molecule has 1 unspecified atom stereocenters. The molecule has 2 rings (SSSR count). The van der Waals surface area contributed by atoms with E-state index in [1.807, 2.05) is 6.07 Å². The van der Waals surface area contributed by atoms with Crippen LogP contribution >= 0.6 is 0 Å². The Morgan fingerprint density at radius 3 is 2.70 bits per heavy atom. The number of nitrogens with one attached hydrogen (secondary N) is 1. The number of nitrogens with zero attached hydrogens (tertiary/aromatic N) is 1. The van der Waals surface area contributed by atoms with Gasteiger partial charge in [0.15, 0.2) is 0 Å². The fraction of sp³-hybridized carbons (Fsp3) is 0.647. The Morgan fingerprint density at radius 1 is 1.30 bits per heavy atom. The molecular weight excluding hydrogens is 312 g/mol. The summed E-state index contributed by atoms with van der Waals surface area (Å²) in [7, 11) is -1.40. The lowest BCUT2D eigenvalue weighted by atomic mass is 9.96. The average Bonchev–Trinajstić information content (AvgIpc) is 2.50. The van der Waals surface area contributed by atoms with Crippen molar-refractivity contribution in [3.8, 4) is 5.75 Å². The summed E-state index contributed by atoms with van der Waals surface area (Å²) in [5, 5.41) is 0. The van der Waals surface area contributed by atoms with Crippen LogP contribution in [0.25, 0.3) is 0 Å². The molecule has 0 saturated carbocycles. The highest BCUT2D eigenvalue weighted by Gasteiger charge is 2.21. The SMILES string of the molecule is COc1ccc(CN2CCCC(CNS(C)(=O)=O)C2)c(C)c1C. The molecule has 1 aromatic carbocycles. The van der Waals surface area contributed by atoms with E-state index in [0.29, 0.717) is 12.5 Å². The van der Waals surface area contributed by atoms with Crippen LogP contribution in [-0.2, 0) is 16.6 Å². The van der Waals surface area contributed by atoms with Gasteiger partial charge in [-0.3, -0.25) is 4.90 Å². The van der Waals surface area contributed by atoms with E-state index in [2.05, 4.69) is 29.5 Å². The molecule has 1 aliphatic rings. The lowest BCUT2D eigenvalue weighted by Gasteiger charge is -2.33. The number of rotatable bonds is 6. The minimum absolute atomic E-state index is 0.387. The van der Waals surface area contributed by atoms with Crippen molar-refractivity contribution in [2.45, 2.75) is 33.2 Å². The van der Waals surface area contributed by atoms with Gasteiger partial charge >= 0.3 is 0 Å². The molecule has 0 aromatic heterocycles. The number of sulfonamides is 1. The van der Waals surface area contributed by atoms with Gasteiger partial charge in [0.05, 0.1) is 13.4 Å². The monoisotopic (exact) mass is 340 g/mol. The third-order valence-electron chi connectivity index (χ3n) is 4.70. The number of piperidine rings is 1. The zero-order valence-electron chi connectivity index (χ0n) is 14.6. The molecule has 6 heteroatoms. The summed E-state index contributed by atoms with van der Waals surface area (Å²) in [5.41, 5.74) is 3.79. The van der Waals surface area contributed by atoms with Gasteiger partial charge in [0, 0.05) is 19.6 Å². The predicted molar refractivity (Wildman–Crippen MR) is 93.3 cm³/mol. The van der Waals surface area contributed by atoms with Crippen molar-refractivity contribution < 1.29 is 13.2 Å². The molecule has 1 N–H and O–H groups in total. The third kappa shape index (κ3) is 5.19. The van der Waals surface area contributed by atoms with E-state index in [0.717, 1.165) is 38.2 Å². The van der Waals surface area contributed by atoms with Crippen LogP contribution in [0.4, 0.5) is 0 Å². The molecule has 1 heterocycles. The highest BCUT2D eigenvalue weighted by atomic mass is 32.2. The van der Waals surface area contributed by atoms with E-state index in [4.69, 9.17) is 4.74 Å². The van der Waals surface area contributed by atoms with Crippen LogP contribution in [0.1, 0.15) is 29.5 Å². The summed E-state index contributed by atoms with van der Waals surface area (Å²) in [6, 6.07) is 4.17. The van der Waals surface area contributed by atoms with Crippen LogP contribution in [-0.4, -0.2) is 46.3 Å². The van der Waals surface area contributed by atoms with Crippen molar-refractivity contribution in [3.63, 3.8) is 0 Å². The average molecular weight is 340 g/mol. The predicted octanol–water partition coefficient (Wildman–Crippen LogP) is 2.07. The van der Waals surface area contributed by atoms with Crippen LogP contribution in [0.3, 0.4) is 0 Å². The van der Waals surface area contributed by atoms with E-state index in [1.54, 1.807) is 7.11 Å². The third-order valence-corrected chi connectivity index (χ3v) is 5.39. The largest absolute Gasteiger partial charge is 0.496 e. The van der Waals surface area contributed by atoms with Crippen molar-refractivity contribution in [1.29, 1.82) is 0 Å². The number of likely N-dealkylation sites (tertiary alicyclic amines) is 1. The molecule has 130 valence electrons. The zero-order chi connectivity index (χ0) is 17.0. The van der Waals surface area contributed by atoms with Crippen LogP contribution in [0.5, 0.6) is 5.75 Å². The highest BCUT2D eigenvalue weighted by molar-refractivity contribution is 7.88. The second-order valence-electron chi connectivity index (χ2n) is 6.54. The van der Waals surface area contributed by atoms with Crippen molar-refractivity contribution in [3.05, 3.63) is 28.8 Å². The number of hydrogen-bond acceptors (Lipinski definition) is 4. The highest BCUT2D eigenvalue weighted by Crippen LogP contribution is 2.26. The van der Waals surface area contributed by atoms with Crippen LogP contribution < -0.4 is 9.46 Å². The standard InChI is InChI=1S/C17H28N2O3S/c1-13-14(2)17(22-3)8-7-16(13)12-19-9-5-6-15(11-19)10-18-23(4,20)21/h7-8,15,18H,5-6,9-12H2,1-4H3. The minimum Gasteiger partial charge on any atom is -0.496 e. The summed E-state index contributed by atoms with van der Waals surface area (Å²) in [6.07, 6.45) is 3.42. The molecule has 1 aromatic rings. The maximum absolute atomic E-state index is 11.3. The maximum Gasteiger partial charge on any atom is 0.208 e. The summed E-state index contributed by atoms with van der Waals surface area (Å²) < 4.78 is 30.5. The van der Waals surface area contributed by atoms with E-state index in [1.165, 1.54) is 22.9 Å². The van der Waals surface area contributed by atoms with Gasteiger partial charge in [-0.25, -0.2) is 13.1 Å². The minimum atomic E-state index is -3.10. The summed E-state index contributed by atoms with van der Waals surface area (Å²) in [6.45, 7) is 7.68. The molecule has 5 nitrogen and oxygen atoms in total. The van der Waals surface area contributed by atoms with E-state index < -0.39 is 10.0 Å². The van der Waals surface area contributed by atoms with Crippen molar-refractivity contribution >= 4 is 10.0 Å². The quantitative estimate of drug-likeness (QED) is 0.861. The molecule has 1 fully saturated rings. The molecule has 0 radical (unpaired) electrons. The maximum atomic E-state index is 11.3. The second-order valence-corrected chi connectivity index (χ2v) is 8.37. The van der Waals surface area contributed by atoms with Crippen molar-refractivity contribution in [1.82, 2.24) is 9.62 Å². The van der Waals surface area contributed by atoms with Gasteiger partial charge in [0.2, 0.25) is 10.0 Å². The Hall–Kier alpha value is -1.11. The Bertz CT molecular complexity index is 643. The Labute approximate surface area is 140 Å². The zero-order valence-corrected chi connectivity index (χ0v) is 15.4. The Morgan fingerprint density at radius 2 is 2.04 bits per heavy atom. The Balaban J connectivity index is 1.99. The van der Waals surface area contributed by atoms with E-state index >= 15 is 0 Å². The van der Waals surface area contributed by atoms with Gasteiger partial charge in [-0.15, -0.1) is 0 Å². The van der Waals surface area contributed by atoms with Gasteiger partial charge in [-0.2, -0.15) is 0 Å². The molecule has 1 atom stereocenters. The fourth-order valence-corrected chi connectivity index (χ4v) is 3.75. The first-order valence-corrected chi connectivity index (χ1v) is 9.99. The van der Waals surface area contributed by atoms with Crippen molar-refractivity contribution in [2.24, 2.45) is 5.92 Å². The van der Waals surface area contributed by atoms with Crippen LogP contribution in [0.2, 0.25) is 0 Å². The molecule has 0 amide bonds. The number of benzene rings is 1. The van der Waals surface area contributed by atoms with E-state index in [9.17, 15) is 8.42 Å². The normalized spacial score (nSPS) is 19.7. The van der Waals surface area contributed by atoms with Gasteiger partial charge in [-0.1, -0.05) is 6.07 Å². The lowest BCUT2D eigenvalue weighted by molar-refractivity contribution is 0.168. The lowest BCUT2D eigenvalue weighted by Crippen LogP contribution is -2.40. The molecule has 0 spiro atoms. The van der Waals surface area contributed by atoms with E-state index in [-0.39, 0.29) is 0 Å². The van der Waals surface area contributed by atoms with Crippen molar-refractivity contribution in [2.75, 3.05) is 33.0 Å². The second kappa shape index (κ2) is 7.64. The van der Waals surface area contributed by atoms with Gasteiger partial charge in [-0.05, 0) is 61.9 Å². The fourth-order valence-electron chi connectivity index (χ4n) is 3.22. The summed E-state index contributed by atoms with van der Waals surface area (Å²) >= 11 is 0. The summed E-state index contributed by atoms with van der Waals surface area (Å²) in [5.74, 6) is 1.32. The molecule has 23 heavy (non-hydrogen) atoms. The molecule has 1 saturated heterocycles. The first-order valence-electron chi connectivity index (χ1n) is 8.10. The van der Waals surface area contributed by atoms with Crippen LogP contribution in [0, 0.1) is 19.8 Å². The summed E-state index contributed by atoms with van der Waals surface area (Å²) in [4.78, 5) is 2.42. The van der Waals surface area contributed by atoms with Crippen LogP contribution in [0.15, 0.2) is 12.1 Å².